The molecule has 2 aromatic heterocycles. The third-order valence-corrected chi connectivity index (χ3v) is 9.57. The van der Waals surface area contributed by atoms with Gasteiger partial charge in [-0.3, -0.25) is 14.9 Å². The number of amides is 2. The van der Waals surface area contributed by atoms with Crippen LogP contribution in [-0.2, 0) is 49.7 Å². The van der Waals surface area contributed by atoms with Crippen molar-refractivity contribution >= 4 is 34.9 Å². The van der Waals surface area contributed by atoms with Crippen LogP contribution in [0.15, 0.2) is 84.1 Å². The Hall–Kier alpha value is -3.92. The van der Waals surface area contributed by atoms with Gasteiger partial charge in [0.1, 0.15) is 13.2 Å². The van der Waals surface area contributed by atoms with Crippen LogP contribution in [-0.4, -0.2) is 85.6 Å². The number of aromatic nitrogens is 2. The quantitative estimate of drug-likeness (QED) is 0.141. The molecule has 4 aromatic rings. The van der Waals surface area contributed by atoms with Crippen LogP contribution in [0.4, 0.5) is 9.59 Å². The van der Waals surface area contributed by atoms with Gasteiger partial charge < -0.3 is 34.3 Å². The molecule has 0 bridgehead atoms. The number of nitrogens with one attached hydrogen (secondary N) is 2. The molecule has 14 heteroatoms. The van der Waals surface area contributed by atoms with Crippen LogP contribution in [0, 0.1) is 5.92 Å². The highest BCUT2D eigenvalue weighted by atomic mass is 32.1. The number of methoxy groups -OCH3 is 2. The van der Waals surface area contributed by atoms with Crippen molar-refractivity contribution in [3.05, 3.63) is 105 Å². The number of hydrogen-bond acceptors (Lipinski definition) is 12. The average molecular weight is 710 g/mol. The van der Waals surface area contributed by atoms with Crippen LogP contribution in [0.3, 0.4) is 0 Å². The van der Waals surface area contributed by atoms with E-state index < -0.39 is 24.8 Å². The summed E-state index contributed by atoms with van der Waals surface area (Å²) in [6, 6.07) is 19.3. The Morgan fingerprint density at radius 1 is 0.816 bits per heavy atom. The first-order valence-corrected chi connectivity index (χ1v) is 17.9. The van der Waals surface area contributed by atoms with Gasteiger partial charge in [0.05, 0.1) is 20.8 Å². The van der Waals surface area contributed by atoms with Crippen LogP contribution < -0.4 is 10.6 Å². The highest BCUT2D eigenvalue weighted by Crippen LogP contribution is 2.29. The van der Waals surface area contributed by atoms with Crippen LogP contribution in [0.5, 0.6) is 0 Å². The fraction of sp³-hybridized carbons (Fsp3) is 0.429. The molecule has 0 aliphatic carbocycles. The SMILES string of the molecule is COC1CC(CN(C[C@H](Cc2ccccc2)NC(=O)OCc2cncs2)C[C@H](Cc2ccccc2)NC(=O)OCc2cncs2)C(OC)O1. The smallest absolute Gasteiger partial charge is 0.407 e. The van der Waals surface area contributed by atoms with Gasteiger partial charge in [-0.25, -0.2) is 9.59 Å². The molecule has 2 aromatic carbocycles. The molecule has 3 unspecified atom stereocenters. The zero-order valence-electron chi connectivity index (χ0n) is 27.6. The molecule has 49 heavy (non-hydrogen) atoms. The molecular weight excluding hydrogens is 667 g/mol. The van der Waals surface area contributed by atoms with Crippen molar-refractivity contribution in [1.82, 2.24) is 25.5 Å². The summed E-state index contributed by atoms with van der Waals surface area (Å²) in [5, 5.41) is 6.21. The Labute approximate surface area is 294 Å². The molecule has 1 aliphatic rings. The predicted octanol–water partition coefficient (Wildman–Crippen LogP) is 5.26. The van der Waals surface area contributed by atoms with E-state index in [-0.39, 0.29) is 31.2 Å². The molecule has 5 rings (SSSR count). The molecule has 2 N–H and O–H groups in total. The lowest BCUT2D eigenvalue weighted by Crippen LogP contribution is -2.52. The van der Waals surface area contributed by atoms with E-state index in [0.29, 0.717) is 38.9 Å². The minimum atomic E-state index is -0.515. The number of alkyl carbamates (subject to hydrolysis) is 2. The summed E-state index contributed by atoms with van der Waals surface area (Å²) >= 11 is 2.86. The topological polar surface area (TPSA) is 133 Å². The lowest BCUT2D eigenvalue weighted by molar-refractivity contribution is -0.193. The second-order valence-electron chi connectivity index (χ2n) is 11.8. The van der Waals surface area contributed by atoms with E-state index in [9.17, 15) is 9.59 Å². The fourth-order valence-electron chi connectivity index (χ4n) is 5.85. The average Bonchev–Trinajstić information content (AvgIpc) is 3.90. The zero-order valence-corrected chi connectivity index (χ0v) is 29.3. The molecule has 0 saturated carbocycles. The number of benzene rings is 2. The fourth-order valence-corrected chi connectivity index (χ4v) is 6.86. The van der Waals surface area contributed by atoms with Crippen LogP contribution >= 0.6 is 22.7 Å². The summed E-state index contributed by atoms with van der Waals surface area (Å²) in [5.41, 5.74) is 5.55. The van der Waals surface area contributed by atoms with Crippen molar-refractivity contribution in [3.8, 4) is 0 Å². The van der Waals surface area contributed by atoms with Crippen molar-refractivity contribution in [3.63, 3.8) is 0 Å². The number of hydrogen-bond donors (Lipinski definition) is 2. The maximum absolute atomic E-state index is 13.1. The van der Waals surface area contributed by atoms with Crippen LogP contribution in [0.1, 0.15) is 27.3 Å². The standard InChI is InChI=1S/C35H43N5O7S2/c1-43-32-15-27(33(44-2)47-32)18-40(19-28(13-25-9-5-3-6-10-25)38-34(41)45-21-30-16-36-23-48-30)20-29(14-26-11-7-4-8-12-26)39-35(42)46-22-31-17-37-24-49-31/h3-12,16-17,23-24,27-29,32-33H,13-15,18-22H2,1-2H3,(H,38,41)(H,39,42)/t27?,28-,29-,32?,33?/m0/s1. The minimum absolute atomic E-state index is 0.0266. The minimum Gasteiger partial charge on any atom is -0.444 e. The van der Waals surface area contributed by atoms with E-state index in [2.05, 4.69) is 25.5 Å². The summed E-state index contributed by atoms with van der Waals surface area (Å²) in [5.74, 6) is -0.0266. The Bertz CT molecular complexity index is 1420. The summed E-state index contributed by atoms with van der Waals surface area (Å²) in [6.07, 6.45) is 3.24. The highest BCUT2D eigenvalue weighted by Gasteiger charge is 2.37. The third kappa shape index (κ3) is 12.2. The Kier molecular flexibility index (Phi) is 14.3. The van der Waals surface area contributed by atoms with Gasteiger partial charge in [0.15, 0.2) is 12.6 Å². The van der Waals surface area contributed by atoms with Crippen molar-refractivity contribution in [2.45, 2.75) is 57.1 Å². The van der Waals surface area contributed by atoms with Gasteiger partial charge in [0.2, 0.25) is 0 Å². The van der Waals surface area contributed by atoms with Gasteiger partial charge >= 0.3 is 12.2 Å². The first-order valence-electron chi connectivity index (χ1n) is 16.1. The van der Waals surface area contributed by atoms with Gasteiger partial charge in [-0.05, 0) is 24.0 Å². The van der Waals surface area contributed by atoms with E-state index in [0.717, 1.165) is 20.9 Å². The monoisotopic (exact) mass is 709 g/mol. The summed E-state index contributed by atoms with van der Waals surface area (Å²) in [7, 11) is 3.24. The third-order valence-electron chi connectivity index (χ3n) is 8.06. The second kappa shape index (κ2) is 19.3. The molecule has 3 heterocycles. The van der Waals surface area contributed by atoms with E-state index in [4.69, 9.17) is 23.7 Å². The zero-order chi connectivity index (χ0) is 34.3. The van der Waals surface area contributed by atoms with Crippen molar-refractivity contribution < 1.29 is 33.3 Å². The normalized spacial score (nSPS) is 18.6. The van der Waals surface area contributed by atoms with Crippen molar-refractivity contribution in [1.29, 1.82) is 0 Å². The van der Waals surface area contributed by atoms with Gasteiger partial charge in [0, 0.05) is 70.7 Å². The highest BCUT2D eigenvalue weighted by molar-refractivity contribution is 7.09. The number of thiazole rings is 2. The molecule has 12 nitrogen and oxygen atoms in total. The van der Waals surface area contributed by atoms with E-state index >= 15 is 0 Å². The number of rotatable bonds is 18. The van der Waals surface area contributed by atoms with Crippen molar-refractivity contribution in [2.24, 2.45) is 5.92 Å². The first kappa shape index (κ1) is 36.4. The molecule has 0 radical (unpaired) electrons. The number of carbonyl (C=O) groups is 2. The van der Waals surface area contributed by atoms with Crippen molar-refractivity contribution in [2.75, 3.05) is 33.9 Å². The molecule has 262 valence electrons. The Balaban J connectivity index is 1.36. The van der Waals surface area contributed by atoms with Gasteiger partial charge in [0.25, 0.3) is 0 Å². The summed E-state index contributed by atoms with van der Waals surface area (Å²) < 4.78 is 28.3. The summed E-state index contributed by atoms with van der Waals surface area (Å²) in [4.78, 5) is 38.3. The molecular formula is C35H43N5O7S2. The Morgan fingerprint density at radius 3 is 1.76 bits per heavy atom. The van der Waals surface area contributed by atoms with Gasteiger partial charge in [-0.2, -0.15) is 0 Å². The number of ether oxygens (including phenoxy) is 5. The molecule has 5 atom stereocenters. The molecule has 1 fully saturated rings. The second-order valence-corrected chi connectivity index (χ2v) is 13.7. The van der Waals surface area contributed by atoms with Gasteiger partial charge in [-0.1, -0.05) is 60.7 Å². The molecule has 1 aliphatic heterocycles. The maximum atomic E-state index is 13.1. The largest absolute Gasteiger partial charge is 0.444 e. The molecule has 0 spiro atoms. The van der Waals surface area contributed by atoms with Gasteiger partial charge in [-0.15, -0.1) is 22.7 Å². The predicted molar refractivity (Wildman–Crippen MR) is 186 cm³/mol. The number of carbonyl (C=O) groups excluding carboxylic acids is 2. The van der Waals surface area contributed by atoms with E-state index in [1.54, 1.807) is 37.6 Å². The lowest BCUT2D eigenvalue weighted by Gasteiger charge is -2.34. The number of nitrogens with zero attached hydrogens (tertiary/aromatic N) is 3. The molecule has 1 saturated heterocycles. The van der Waals surface area contributed by atoms with E-state index in [1.807, 2.05) is 60.7 Å². The Morgan fingerprint density at radius 2 is 1.33 bits per heavy atom. The lowest BCUT2D eigenvalue weighted by atomic mass is 10.0. The van der Waals surface area contributed by atoms with Crippen LogP contribution in [0.25, 0.3) is 0 Å². The summed E-state index contributed by atoms with van der Waals surface area (Å²) in [6.45, 7) is 1.75. The molecule has 2 amide bonds. The first-order chi connectivity index (χ1) is 24.0. The van der Waals surface area contributed by atoms with E-state index in [1.165, 1.54) is 22.7 Å². The van der Waals surface area contributed by atoms with Crippen LogP contribution in [0.2, 0.25) is 0 Å². The maximum Gasteiger partial charge on any atom is 0.407 e.